The predicted molar refractivity (Wildman–Crippen MR) is 120 cm³/mol. The minimum atomic E-state index is 0.185. The summed E-state index contributed by atoms with van der Waals surface area (Å²) in [4.78, 5) is 0. The molecule has 29 heavy (non-hydrogen) atoms. The van der Waals surface area contributed by atoms with E-state index in [9.17, 15) is 0 Å². The standard InChI is InChI=1S/C24H30N4S/c1-24(2,3)20-13-11-19(12-14-20)17-29-23-27-26-22(21-10-7-15-25-21)28(23)16-18-8-5-4-6-9-18/h4-6,8-9,11-14,21,25H,7,10,15-17H2,1-3H3. The second kappa shape index (κ2) is 8.72. The topological polar surface area (TPSA) is 42.7 Å². The molecule has 1 aliphatic heterocycles. The second-order valence-electron chi connectivity index (χ2n) is 8.80. The average Bonchev–Trinajstić information content (AvgIpc) is 3.37. The molecule has 1 unspecified atom stereocenters. The van der Waals surface area contributed by atoms with Crippen LogP contribution in [0, 0.1) is 0 Å². The van der Waals surface area contributed by atoms with E-state index < -0.39 is 0 Å². The van der Waals surface area contributed by atoms with Crippen molar-refractivity contribution in [3.63, 3.8) is 0 Å². The number of aromatic nitrogens is 3. The maximum atomic E-state index is 4.58. The Balaban J connectivity index is 1.53. The molecule has 1 aromatic heterocycles. The van der Waals surface area contributed by atoms with E-state index in [0.717, 1.165) is 36.2 Å². The largest absolute Gasteiger partial charge is 0.307 e. The van der Waals surface area contributed by atoms with E-state index in [4.69, 9.17) is 0 Å². The second-order valence-corrected chi connectivity index (χ2v) is 9.74. The zero-order valence-corrected chi connectivity index (χ0v) is 18.4. The quantitative estimate of drug-likeness (QED) is 0.561. The summed E-state index contributed by atoms with van der Waals surface area (Å²) < 4.78 is 2.30. The van der Waals surface area contributed by atoms with Gasteiger partial charge in [0, 0.05) is 5.75 Å². The van der Waals surface area contributed by atoms with Gasteiger partial charge in [0.1, 0.15) is 0 Å². The van der Waals surface area contributed by atoms with Gasteiger partial charge in [-0.3, -0.25) is 0 Å². The number of hydrogen-bond donors (Lipinski definition) is 1. The minimum absolute atomic E-state index is 0.185. The van der Waals surface area contributed by atoms with E-state index in [2.05, 4.69) is 95.4 Å². The first-order chi connectivity index (χ1) is 14.0. The number of hydrogen-bond acceptors (Lipinski definition) is 4. The third-order valence-electron chi connectivity index (χ3n) is 5.49. The van der Waals surface area contributed by atoms with Gasteiger partial charge in [-0.1, -0.05) is 87.1 Å². The van der Waals surface area contributed by atoms with E-state index in [0.29, 0.717) is 6.04 Å². The molecule has 0 radical (unpaired) electrons. The van der Waals surface area contributed by atoms with Crippen LogP contribution in [0.25, 0.3) is 0 Å². The Hall–Kier alpha value is -2.11. The van der Waals surface area contributed by atoms with Gasteiger partial charge in [-0.05, 0) is 41.5 Å². The van der Waals surface area contributed by atoms with E-state index in [1.165, 1.54) is 23.1 Å². The van der Waals surface area contributed by atoms with E-state index in [-0.39, 0.29) is 5.41 Å². The lowest BCUT2D eigenvalue weighted by Gasteiger charge is -2.19. The fourth-order valence-corrected chi connectivity index (χ4v) is 4.63. The van der Waals surface area contributed by atoms with Crippen LogP contribution in [0.4, 0.5) is 0 Å². The van der Waals surface area contributed by atoms with Crippen molar-refractivity contribution in [2.24, 2.45) is 0 Å². The molecule has 5 heteroatoms. The molecule has 1 aliphatic rings. The molecule has 4 nitrogen and oxygen atoms in total. The molecule has 1 saturated heterocycles. The predicted octanol–water partition coefficient (Wildman–Crippen LogP) is 5.34. The highest BCUT2D eigenvalue weighted by molar-refractivity contribution is 7.98. The molecular weight excluding hydrogens is 376 g/mol. The van der Waals surface area contributed by atoms with Crippen molar-refractivity contribution >= 4 is 11.8 Å². The Bertz CT molecular complexity index is 920. The third kappa shape index (κ3) is 4.90. The van der Waals surface area contributed by atoms with E-state index in [1.807, 2.05) is 0 Å². The summed E-state index contributed by atoms with van der Waals surface area (Å²) in [5.41, 5.74) is 4.15. The Morgan fingerprint density at radius 1 is 1.00 bits per heavy atom. The summed E-state index contributed by atoms with van der Waals surface area (Å²) >= 11 is 1.77. The molecule has 2 aromatic carbocycles. The van der Waals surface area contributed by atoms with Crippen LogP contribution in [-0.4, -0.2) is 21.3 Å². The first-order valence-electron chi connectivity index (χ1n) is 10.4. The lowest BCUT2D eigenvalue weighted by atomic mass is 9.87. The molecule has 0 bridgehead atoms. The van der Waals surface area contributed by atoms with E-state index in [1.54, 1.807) is 11.8 Å². The number of rotatable bonds is 6. The molecular formula is C24H30N4S. The van der Waals surface area contributed by atoms with Crippen molar-refractivity contribution < 1.29 is 0 Å². The maximum absolute atomic E-state index is 4.58. The van der Waals surface area contributed by atoms with Crippen molar-refractivity contribution in [3.05, 3.63) is 77.1 Å². The molecule has 0 spiro atoms. The van der Waals surface area contributed by atoms with Gasteiger partial charge in [-0.2, -0.15) is 0 Å². The molecule has 0 aliphatic carbocycles. The molecule has 0 saturated carbocycles. The molecule has 3 aromatic rings. The summed E-state index contributed by atoms with van der Waals surface area (Å²) in [6.07, 6.45) is 2.33. The van der Waals surface area contributed by atoms with Crippen molar-refractivity contribution in [1.29, 1.82) is 0 Å². The zero-order valence-electron chi connectivity index (χ0n) is 17.6. The van der Waals surface area contributed by atoms with Crippen LogP contribution in [0.2, 0.25) is 0 Å². The number of nitrogens with one attached hydrogen (secondary N) is 1. The van der Waals surface area contributed by atoms with Gasteiger partial charge < -0.3 is 9.88 Å². The Labute approximate surface area is 178 Å². The van der Waals surface area contributed by atoms with Crippen LogP contribution in [0.1, 0.15) is 62.2 Å². The van der Waals surface area contributed by atoms with Crippen LogP contribution in [0.3, 0.4) is 0 Å². The number of thioether (sulfide) groups is 1. The van der Waals surface area contributed by atoms with Gasteiger partial charge in [0.05, 0.1) is 12.6 Å². The smallest absolute Gasteiger partial charge is 0.191 e. The van der Waals surface area contributed by atoms with Crippen LogP contribution < -0.4 is 5.32 Å². The van der Waals surface area contributed by atoms with Crippen LogP contribution in [0.5, 0.6) is 0 Å². The fourth-order valence-electron chi connectivity index (χ4n) is 3.73. The van der Waals surface area contributed by atoms with Gasteiger partial charge >= 0.3 is 0 Å². The highest BCUT2D eigenvalue weighted by atomic mass is 32.2. The minimum Gasteiger partial charge on any atom is -0.307 e. The van der Waals surface area contributed by atoms with Crippen molar-refractivity contribution in [3.8, 4) is 0 Å². The zero-order chi connectivity index (χ0) is 20.3. The molecule has 1 atom stereocenters. The Morgan fingerprint density at radius 2 is 1.76 bits per heavy atom. The lowest BCUT2D eigenvalue weighted by molar-refractivity contribution is 0.550. The van der Waals surface area contributed by atoms with Crippen LogP contribution >= 0.6 is 11.8 Å². The first kappa shape index (κ1) is 20.2. The monoisotopic (exact) mass is 406 g/mol. The van der Waals surface area contributed by atoms with Crippen molar-refractivity contribution in [2.45, 2.75) is 62.5 Å². The fraction of sp³-hybridized carbons (Fsp3) is 0.417. The summed E-state index contributed by atoms with van der Waals surface area (Å²) in [6.45, 7) is 8.63. The molecule has 152 valence electrons. The van der Waals surface area contributed by atoms with Gasteiger partial charge in [0.15, 0.2) is 11.0 Å². The molecule has 1 N–H and O–H groups in total. The summed E-state index contributed by atoms with van der Waals surface area (Å²) in [5, 5.41) is 13.7. The maximum Gasteiger partial charge on any atom is 0.191 e. The highest BCUT2D eigenvalue weighted by Crippen LogP contribution is 2.29. The Morgan fingerprint density at radius 3 is 2.41 bits per heavy atom. The van der Waals surface area contributed by atoms with E-state index >= 15 is 0 Å². The molecule has 4 rings (SSSR count). The van der Waals surface area contributed by atoms with Gasteiger partial charge in [0.25, 0.3) is 0 Å². The van der Waals surface area contributed by atoms with Gasteiger partial charge in [0.2, 0.25) is 0 Å². The van der Waals surface area contributed by atoms with Crippen LogP contribution in [-0.2, 0) is 17.7 Å². The van der Waals surface area contributed by atoms with Gasteiger partial charge in [-0.15, -0.1) is 10.2 Å². The van der Waals surface area contributed by atoms with Crippen LogP contribution in [0.15, 0.2) is 59.8 Å². The molecule has 1 fully saturated rings. The molecule has 0 amide bonds. The Kier molecular flexibility index (Phi) is 6.07. The number of nitrogens with zero attached hydrogens (tertiary/aromatic N) is 3. The average molecular weight is 407 g/mol. The lowest BCUT2D eigenvalue weighted by Crippen LogP contribution is -2.19. The first-order valence-corrected chi connectivity index (χ1v) is 11.4. The summed E-state index contributed by atoms with van der Waals surface area (Å²) in [5.74, 6) is 1.96. The number of benzene rings is 2. The van der Waals surface area contributed by atoms with Crippen molar-refractivity contribution in [1.82, 2.24) is 20.1 Å². The highest BCUT2D eigenvalue weighted by Gasteiger charge is 2.24. The third-order valence-corrected chi connectivity index (χ3v) is 6.53. The summed E-state index contributed by atoms with van der Waals surface area (Å²) in [7, 11) is 0. The summed E-state index contributed by atoms with van der Waals surface area (Å²) in [6, 6.07) is 19.9. The normalized spacial score (nSPS) is 17.0. The molecule has 2 heterocycles. The SMILES string of the molecule is CC(C)(C)c1ccc(CSc2nnc(C3CCCN3)n2Cc2ccccc2)cc1. The van der Waals surface area contributed by atoms with Crippen molar-refractivity contribution in [2.75, 3.05) is 6.54 Å². The van der Waals surface area contributed by atoms with Gasteiger partial charge in [-0.25, -0.2) is 0 Å².